The fourth-order valence-electron chi connectivity index (χ4n) is 5.72. The molecule has 3 rings (SSSR count). The topological polar surface area (TPSA) is 107 Å². The van der Waals surface area contributed by atoms with E-state index in [2.05, 4.69) is 0 Å². The SMILES string of the molecule is CC(C1S(=O)(=O)CCCS1(=O)=O)[C@@H]1OC(C)(C)N(C(=O)OC(C)(C)C)[C@H]1C1CCCCC1. The molecule has 0 aromatic carbocycles. The number of sulfone groups is 2. The van der Waals surface area contributed by atoms with Gasteiger partial charge in [0.25, 0.3) is 0 Å². The minimum atomic E-state index is -3.83. The first-order chi connectivity index (χ1) is 14.6. The molecule has 0 bridgehead atoms. The predicted octanol–water partition coefficient (Wildman–Crippen LogP) is 3.50. The molecule has 0 aromatic heterocycles. The number of hydrogen-bond acceptors (Lipinski definition) is 7. The minimum absolute atomic E-state index is 0.0968. The molecule has 186 valence electrons. The summed E-state index contributed by atoms with van der Waals surface area (Å²) in [5.74, 6) is -0.981. The van der Waals surface area contributed by atoms with E-state index in [1.807, 2.05) is 0 Å². The number of carbonyl (C=O) groups excluding carboxylic acids is 1. The van der Waals surface area contributed by atoms with Crippen molar-refractivity contribution in [2.45, 2.75) is 108 Å². The van der Waals surface area contributed by atoms with Crippen LogP contribution in [0.2, 0.25) is 0 Å². The molecule has 0 spiro atoms. The maximum atomic E-state index is 13.3. The maximum absolute atomic E-state index is 13.3. The Morgan fingerprint density at radius 2 is 1.53 bits per heavy atom. The van der Waals surface area contributed by atoms with Crippen LogP contribution in [-0.4, -0.2) is 67.4 Å². The van der Waals surface area contributed by atoms with Crippen LogP contribution in [0.25, 0.3) is 0 Å². The molecule has 2 saturated heterocycles. The third-order valence-corrected chi connectivity index (χ3v) is 12.6. The van der Waals surface area contributed by atoms with E-state index in [0.717, 1.165) is 32.1 Å². The lowest BCUT2D eigenvalue weighted by Crippen LogP contribution is -2.55. The molecule has 3 atom stereocenters. The van der Waals surface area contributed by atoms with Gasteiger partial charge >= 0.3 is 6.09 Å². The van der Waals surface area contributed by atoms with Gasteiger partial charge in [-0.15, -0.1) is 0 Å². The summed E-state index contributed by atoms with van der Waals surface area (Å²) in [5.41, 5.74) is -1.75. The Kier molecular flexibility index (Phi) is 7.02. The molecule has 1 amide bonds. The molecular weight excluding hydrogens is 454 g/mol. The second-order valence-electron chi connectivity index (χ2n) is 11.1. The number of amides is 1. The molecule has 2 aliphatic heterocycles. The van der Waals surface area contributed by atoms with Crippen molar-refractivity contribution in [3.8, 4) is 0 Å². The Morgan fingerprint density at radius 1 is 1.00 bits per heavy atom. The summed E-state index contributed by atoms with van der Waals surface area (Å²) in [6, 6.07) is -0.442. The van der Waals surface area contributed by atoms with Crippen LogP contribution in [0.15, 0.2) is 0 Å². The van der Waals surface area contributed by atoms with Gasteiger partial charge in [0.2, 0.25) is 0 Å². The van der Waals surface area contributed by atoms with Crippen molar-refractivity contribution in [1.29, 1.82) is 0 Å². The highest BCUT2D eigenvalue weighted by Crippen LogP contribution is 2.46. The van der Waals surface area contributed by atoms with E-state index >= 15 is 0 Å². The summed E-state index contributed by atoms with van der Waals surface area (Å²) in [6.45, 7) is 10.6. The van der Waals surface area contributed by atoms with Crippen molar-refractivity contribution in [2.75, 3.05) is 11.5 Å². The fraction of sp³-hybridized carbons (Fsp3) is 0.955. The monoisotopic (exact) mass is 493 g/mol. The van der Waals surface area contributed by atoms with Crippen molar-refractivity contribution >= 4 is 25.8 Å². The summed E-state index contributed by atoms with van der Waals surface area (Å²) < 4.78 is 62.2. The third kappa shape index (κ3) is 5.12. The second-order valence-corrected chi connectivity index (χ2v) is 15.9. The third-order valence-electron chi connectivity index (χ3n) is 6.88. The van der Waals surface area contributed by atoms with E-state index in [9.17, 15) is 21.6 Å². The van der Waals surface area contributed by atoms with Crippen molar-refractivity contribution < 1.29 is 31.1 Å². The molecule has 3 fully saturated rings. The van der Waals surface area contributed by atoms with Crippen LogP contribution in [0.4, 0.5) is 4.79 Å². The standard InChI is InChI=1S/C22H39NO7S2/c1-15(19-31(25,26)13-10-14-32(19,27)28)18-17(16-11-8-7-9-12-16)23(22(5,6)29-18)20(24)30-21(2,3)4/h15-19H,7-14H2,1-6H3/t15?,17-,18-/m0/s1. The maximum Gasteiger partial charge on any atom is 0.412 e. The van der Waals surface area contributed by atoms with Gasteiger partial charge in [0.15, 0.2) is 24.3 Å². The van der Waals surface area contributed by atoms with Gasteiger partial charge in [-0.05, 0) is 59.8 Å². The highest BCUT2D eigenvalue weighted by molar-refractivity contribution is 8.09. The lowest BCUT2D eigenvalue weighted by atomic mass is 9.79. The molecule has 1 aliphatic carbocycles. The fourth-order valence-corrected chi connectivity index (χ4v) is 11.4. The van der Waals surface area contributed by atoms with Gasteiger partial charge in [-0.25, -0.2) is 21.6 Å². The van der Waals surface area contributed by atoms with E-state index in [-0.39, 0.29) is 23.8 Å². The van der Waals surface area contributed by atoms with Crippen LogP contribution in [0.5, 0.6) is 0 Å². The summed E-state index contributed by atoms with van der Waals surface area (Å²) in [7, 11) is -7.66. The van der Waals surface area contributed by atoms with Gasteiger partial charge in [-0.1, -0.05) is 26.2 Å². The Morgan fingerprint density at radius 3 is 2.03 bits per heavy atom. The molecule has 1 saturated carbocycles. The van der Waals surface area contributed by atoms with Crippen molar-refractivity contribution in [1.82, 2.24) is 4.90 Å². The van der Waals surface area contributed by atoms with Gasteiger partial charge in [-0.3, -0.25) is 4.90 Å². The first kappa shape index (κ1) is 25.7. The van der Waals surface area contributed by atoms with Crippen molar-refractivity contribution in [3.63, 3.8) is 0 Å². The lowest BCUT2D eigenvalue weighted by Gasteiger charge is -2.40. The molecule has 0 radical (unpaired) electrons. The average molecular weight is 494 g/mol. The highest BCUT2D eigenvalue weighted by atomic mass is 32.3. The first-order valence-corrected chi connectivity index (χ1v) is 15.1. The number of carbonyl (C=O) groups is 1. The predicted molar refractivity (Wildman–Crippen MR) is 123 cm³/mol. The zero-order valence-corrected chi connectivity index (χ0v) is 21.8. The average Bonchev–Trinajstić information content (AvgIpc) is 2.91. The molecule has 10 heteroatoms. The molecular formula is C22H39NO7S2. The summed E-state index contributed by atoms with van der Waals surface area (Å²) >= 11 is 0. The normalized spacial score (nSPS) is 31.9. The number of ether oxygens (including phenoxy) is 2. The zero-order valence-electron chi connectivity index (χ0n) is 20.2. The Labute approximate surface area is 193 Å². The Hall–Kier alpha value is -0.870. The number of hydrogen-bond donors (Lipinski definition) is 0. The van der Waals surface area contributed by atoms with Gasteiger partial charge in [0.1, 0.15) is 11.3 Å². The van der Waals surface area contributed by atoms with Crippen molar-refractivity contribution in [2.24, 2.45) is 11.8 Å². The van der Waals surface area contributed by atoms with Gasteiger partial charge in [-0.2, -0.15) is 0 Å². The van der Waals surface area contributed by atoms with Gasteiger partial charge in [0, 0.05) is 5.92 Å². The smallest absolute Gasteiger partial charge is 0.412 e. The molecule has 2 heterocycles. The van der Waals surface area contributed by atoms with E-state index in [4.69, 9.17) is 9.47 Å². The first-order valence-electron chi connectivity index (χ1n) is 11.7. The van der Waals surface area contributed by atoms with Crippen LogP contribution in [0.1, 0.15) is 80.1 Å². The zero-order chi connectivity index (χ0) is 24.1. The molecule has 0 aromatic rings. The molecule has 8 nitrogen and oxygen atoms in total. The van der Waals surface area contributed by atoms with Gasteiger partial charge < -0.3 is 9.47 Å². The largest absolute Gasteiger partial charge is 0.444 e. The number of nitrogens with zero attached hydrogens (tertiary/aromatic N) is 1. The molecule has 0 N–H and O–H groups in total. The Balaban J connectivity index is 2.04. The number of rotatable bonds is 3. The second kappa shape index (κ2) is 8.73. The molecule has 1 unspecified atom stereocenters. The van der Waals surface area contributed by atoms with Crippen LogP contribution in [0.3, 0.4) is 0 Å². The summed E-state index contributed by atoms with van der Waals surface area (Å²) in [6.07, 6.45) is 3.82. The lowest BCUT2D eigenvalue weighted by molar-refractivity contribution is -0.0869. The van der Waals surface area contributed by atoms with E-state index in [1.165, 1.54) is 0 Å². The summed E-state index contributed by atoms with van der Waals surface area (Å²) in [4.78, 5) is 14.9. The Bertz CT molecular complexity index is 880. The van der Waals surface area contributed by atoms with Crippen LogP contribution < -0.4 is 0 Å². The molecule has 32 heavy (non-hydrogen) atoms. The highest BCUT2D eigenvalue weighted by Gasteiger charge is 2.59. The van der Waals surface area contributed by atoms with Crippen LogP contribution >= 0.6 is 0 Å². The summed E-state index contributed by atoms with van der Waals surface area (Å²) in [5, 5.41) is 0. The van der Waals surface area contributed by atoms with E-state index in [0.29, 0.717) is 0 Å². The van der Waals surface area contributed by atoms with E-state index < -0.39 is 59.7 Å². The quantitative estimate of drug-likeness (QED) is 0.592. The van der Waals surface area contributed by atoms with Gasteiger partial charge in [0.05, 0.1) is 23.7 Å². The van der Waals surface area contributed by atoms with Crippen LogP contribution in [-0.2, 0) is 29.1 Å². The van der Waals surface area contributed by atoms with Crippen molar-refractivity contribution in [3.05, 3.63) is 0 Å². The minimum Gasteiger partial charge on any atom is -0.444 e. The van der Waals surface area contributed by atoms with Crippen LogP contribution in [0, 0.1) is 11.8 Å². The molecule has 3 aliphatic rings. The van der Waals surface area contributed by atoms with E-state index in [1.54, 1.807) is 46.4 Å².